The van der Waals surface area contributed by atoms with Crippen LogP contribution in [-0.4, -0.2) is 36.5 Å². The molecule has 1 N–H and O–H groups in total. The van der Waals surface area contributed by atoms with E-state index in [1.807, 2.05) is 6.92 Å². The Balaban J connectivity index is 2.31. The number of benzene rings is 1. The highest BCUT2D eigenvalue weighted by molar-refractivity contribution is 7.89. The second-order valence-electron chi connectivity index (χ2n) is 4.71. The van der Waals surface area contributed by atoms with E-state index in [1.54, 1.807) is 25.1 Å². The Bertz CT molecular complexity index is 565. The molecule has 18 heavy (non-hydrogen) atoms. The maximum Gasteiger partial charge on any atom is 0.243 e. The maximum atomic E-state index is 12.3. The van der Waals surface area contributed by atoms with Crippen LogP contribution in [0, 0.1) is 6.92 Å². The Morgan fingerprint density at radius 3 is 2.61 bits per heavy atom. The molecule has 0 aromatic heterocycles. The van der Waals surface area contributed by atoms with Crippen molar-refractivity contribution in [3.05, 3.63) is 28.8 Å². The number of nitrogens with zero attached hydrogens (tertiary/aromatic N) is 1. The molecule has 0 aliphatic carbocycles. The van der Waals surface area contributed by atoms with Gasteiger partial charge in [-0.15, -0.1) is 0 Å². The zero-order chi connectivity index (χ0) is 13.6. The Morgan fingerprint density at radius 1 is 1.44 bits per heavy atom. The van der Waals surface area contributed by atoms with Crippen LogP contribution in [0.3, 0.4) is 0 Å². The zero-order valence-electron chi connectivity index (χ0n) is 10.4. The van der Waals surface area contributed by atoms with Crippen molar-refractivity contribution in [1.29, 1.82) is 0 Å². The predicted molar refractivity (Wildman–Crippen MR) is 70.2 cm³/mol. The standard InChI is InChI=1S/C12H16ClNO3S/c1-3-12(15)7-14(8-12)18(16,17)11-6-4-5-10(13)9(11)2/h4-6,15H,3,7-8H2,1-2H3. The maximum absolute atomic E-state index is 12.3. The van der Waals surface area contributed by atoms with E-state index in [-0.39, 0.29) is 18.0 Å². The summed E-state index contributed by atoms with van der Waals surface area (Å²) >= 11 is 5.94. The van der Waals surface area contributed by atoms with Gasteiger partial charge in [0.1, 0.15) is 0 Å². The average molecular weight is 290 g/mol. The van der Waals surface area contributed by atoms with E-state index >= 15 is 0 Å². The molecular weight excluding hydrogens is 274 g/mol. The fourth-order valence-electron chi connectivity index (χ4n) is 2.01. The summed E-state index contributed by atoms with van der Waals surface area (Å²) in [5.74, 6) is 0. The van der Waals surface area contributed by atoms with Crippen molar-refractivity contribution in [2.75, 3.05) is 13.1 Å². The van der Waals surface area contributed by atoms with Crippen molar-refractivity contribution < 1.29 is 13.5 Å². The molecule has 0 atom stereocenters. The Labute approximate surface area is 112 Å². The first-order valence-corrected chi connectivity index (χ1v) is 7.59. The molecule has 0 spiro atoms. The minimum atomic E-state index is -3.55. The van der Waals surface area contributed by atoms with Gasteiger partial charge in [-0.2, -0.15) is 4.31 Å². The summed E-state index contributed by atoms with van der Waals surface area (Å²) in [6, 6.07) is 4.82. The van der Waals surface area contributed by atoms with Crippen molar-refractivity contribution in [3.8, 4) is 0 Å². The molecule has 0 amide bonds. The Morgan fingerprint density at radius 2 is 2.06 bits per heavy atom. The molecule has 0 radical (unpaired) electrons. The Kier molecular flexibility index (Phi) is 3.44. The molecule has 4 nitrogen and oxygen atoms in total. The van der Waals surface area contributed by atoms with E-state index in [1.165, 1.54) is 4.31 Å². The summed E-state index contributed by atoms with van der Waals surface area (Å²) in [7, 11) is -3.55. The van der Waals surface area contributed by atoms with Crippen LogP contribution in [0.5, 0.6) is 0 Å². The van der Waals surface area contributed by atoms with Crippen LogP contribution < -0.4 is 0 Å². The van der Waals surface area contributed by atoms with E-state index in [4.69, 9.17) is 11.6 Å². The molecule has 1 aliphatic rings. The second-order valence-corrected chi connectivity index (χ2v) is 7.03. The third kappa shape index (κ3) is 2.16. The van der Waals surface area contributed by atoms with Crippen molar-refractivity contribution in [3.63, 3.8) is 0 Å². The van der Waals surface area contributed by atoms with E-state index in [0.717, 1.165) is 0 Å². The third-order valence-corrected chi connectivity index (χ3v) is 5.78. The number of hydrogen-bond donors (Lipinski definition) is 1. The van der Waals surface area contributed by atoms with Gasteiger partial charge in [0.2, 0.25) is 10.0 Å². The molecule has 6 heteroatoms. The van der Waals surface area contributed by atoms with Gasteiger partial charge in [-0.3, -0.25) is 0 Å². The molecule has 1 aliphatic heterocycles. The normalized spacial score (nSPS) is 19.6. The first kappa shape index (κ1) is 13.8. The molecule has 1 heterocycles. The van der Waals surface area contributed by atoms with Gasteiger partial charge in [0, 0.05) is 18.1 Å². The van der Waals surface area contributed by atoms with Crippen molar-refractivity contribution >= 4 is 21.6 Å². The molecular formula is C12H16ClNO3S. The van der Waals surface area contributed by atoms with Crippen LogP contribution >= 0.6 is 11.6 Å². The lowest BCUT2D eigenvalue weighted by molar-refractivity contribution is -0.0613. The first-order chi connectivity index (χ1) is 8.30. The van der Waals surface area contributed by atoms with Crippen LogP contribution in [0.2, 0.25) is 5.02 Å². The van der Waals surface area contributed by atoms with Crippen LogP contribution in [0.25, 0.3) is 0 Å². The molecule has 0 unspecified atom stereocenters. The van der Waals surface area contributed by atoms with E-state index in [0.29, 0.717) is 17.0 Å². The van der Waals surface area contributed by atoms with Crippen LogP contribution in [0.4, 0.5) is 0 Å². The lowest BCUT2D eigenvalue weighted by Crippen LogP contribution is -2.62. The monoisotopic (exact) mass is 289 g/mol. The molecule has 0 bridgehead atoms. The molecule has 100 valence electrons. The number of β-amino-alcohol motifs (C(OH)–C–C–N with tert-alkyl or cyclic N) is 1. The smallest absolute Gasteiger partial charge is 0.243 e. The highest BCUT2D eigenvalue weighted by Gasteiger charge is 2.46. The van der Waals surface area contributed by atoms with E-state index in [2.05, 4.69) is 0 Å². The summed E-state index contributed by atoms with van der Waals surface area (Å²) in [4.78, 5) is 0.216. The number of sulfonamides is 1. The van der Waals surface area contributed by atoms with E-state index < -0.39 is 15.6 Å². The van der Waals surface area contributed by atoms with Gasteiger partial charge < -0.3 is 5.11 Å². The molecule has 1 aromatic rings. The lowest BCUT2D eigenvalue weighted by Gasteiger charge is -2.45. The summed E-state index contributed by atoms with van der Waals surface area (Å²) < 4.78 is 26.0. The number of rotatable bonds is 3. The fourth-order valence-corrected chi connectivity index (χ4v) is 4.09. The Hall–Kier alpha value is -0.620. The number of aliphatic hydroxyl groups is 1. The van der Waals surface area contributed by atoms with Crippen LogP contribution in [0.1, 0.15) is 18.9 Å². The average Bonchev–Trinajstić information content (AvgIpc) is 2.28. The van der Waals surface area contributed by atoms with Crippen molar-refractivity contribution in [2.24, 2.45) is 0 Å². The molecule has 0 saturated carbocycles. The van der Waals surface area contributed by atoms with Gasteiger partial charge >= 0.3 is 0 Å². The van der Waals surface area contributed by atoms with Gasteiger partial charge in [-0.25, -0.2) is 8.42 Å². The van der Waals surface area contributed by atoms with E-state index in [9.17, 15) is 13.5 Å². The predicted octanol–water partition coefficient (Wildman–Crippen LogP) is 1.79. The van der Waals surface area contributed by atoms with Gasteiger partial charge in [-0.1, -0.05) is 24.6 Å². The topological polar surface area (TPSA) is 57.6 Å². The van der Waals surface area contributed by atoms with Crippen molar-refractivity contribution in [1.82, 2.24) is 4.31 Å². The van der Waals surface area contributed by atoms with Gasteiger partial charge in [-0.05, 0) is 31.0 Å². The van der Waals surface area contributed by atoms with Crippen LogP contribution in [-0.2, 0) is 10.0 Å². The molecule has 1 saturated heterocycles. The summed E-state index contributed by atoms with van der Waals surface area (Å²) in [5.41, 5.74) is -0.328. The fraction of sp³-hybridized carbons (Fsp3) is 0.500. The quantitative estimate of drug-likeness (QED) is 0.923. The molecule has 2 rings (SSSR count). The minimum absolute atomic E-state index is 0.151. The lowest BCUT2D eigenvalue weighted by atomic mass is 9.94. The molecule has 1 aromatic carbocycles. The largest absolute Gasteiger partial charge is 0.387 e. The second kappa shape index (κ2) is 4.49. The van der Waals surface area contributed by atoms with Gasteiger partial charge in [0.15, 0.2) is 0 Å². The highest BCUT2D eigenvalue weighted by Crippen LogP contribution is 2.32. The zero-order valence-corrected chi connectivity index (χ0v) is 11.9. The molecule has 1 fully saturated rings. The van der Waals surface area contributed by atoms with Gasteiger partial charge in [0.05, 0.1) is 10.5 Å². The van der Waals surface area contributed by atoms with Crippen LogP contribution in [0.15, 0.2) is 23.1 Å². The number of hydrogen-bond acceptors (Lipinski definition) is 3. The summed E-state index contributed by atoms with van der Waals surface area (Å²) in [6.07, 6.45) is 0.549. The number of halogens is 1. The third-order valence-electron chi connectivity index (χ3n) is 3.44. The summed E-state index contributed by atoms with van der Waals surface area (Å²) in [5, 5.41) is 10.3. The van der Waals surface area contributed by atoms with Gasteiger partial charge in [0.25, 0.3) is 0 Å². The first-order valence-electron chi connectivity index (χ1n) is 5.78. The SMILES string of the molecule is CCC1(O)CN(S(=O)(=O)c2cccc(Cl)c2C)C1. The minimum Gasteiger partial charge on any atom is -0.387 e. The van der Waals surface area contributed by atoms with Crippen molar-refractivity contribution in [2.45, 2.75) is 30.8 Å². The highest BCUT2D eigenvalue weighted by atomic mass is 35.5. The summed E-state index contributed by atoms with van der Waals surface area (Å²) in [6.45, 7) is 3.82.